The molecule has 2 saturated carbocycles. The monoisotopic (exact) mass is 286 g/mol. The highest BCUT2D eigenvalue weighted by Crippen LogP contribution is 2.49. The van der Waals surface area contributed by atoms with Crippen LogP contribution in [-0.4, -0.2) is 25.0 Å². The molecule has 3 aliphatic rings. The predicted octanol–water partition coefficient (Wildman–Crippen LogP) is 2.35. The minimum atomic E-state index is -0.175. The second kappa shape index (κ2) is 5.61. The third-order valence-corrected chi connectivity index (χ3v) is 5.71. The Hall–Kier alpha value is -0.280. The summed E-state index contributed by atoms with van der Waals surface area (Å²) in [6, 6.07) is 0.366. The molecule has 0 spiro atoms. The summed E-state index contributed by atoms with van der Waals surface area (Å²) in [5, 5.41) is 6.61. The van der Waals surface area contributed by atoms with Crippen molar-refractivity contribution in [1.82, 2.24) is 10.6 Å². The zero-order chi connectivity index (χ0) is 12.8. The molecule has 2 N–H and O–H groups in total. The van der Waals surface area contributed by atoms with Gasteiger partial charge in [0, 0.05) is 12.6 Å². The molecule has 19 heavy (non-hydrogen) atoms. The van der Waals surface area contributed by atoms with Gasteiger partial charge in [0.15, 0.2) is 0 Å². The molecule has 0 radical (unpaired) electrons. The van der Waals surface area contributed by atoms with E-state index in [1.165, 1.54) is 25.7 Å². The van der Waals surface area contributed by atoms with E-state index in [1.54, 1.807) is 0 Å². The van der Waals surface area contributed by atoms with E-state index in [9.17, 15) is 4.79 Å². The van der Waals surface area contributed by atoms with Crippen molar-refractivity contribution < 1.29 is 4.79 Å². The Morgan fingerprint density at radius 2 is 2.16 bits per heavy atom. The lowest BCUT2D eigenvalue weighted by molar-refractivity contribution is -0.130. The Morgan fingerprint density at radius 1 is 1.37 bits per heavy atom. The lowest BCUT2D eigenvalue weighted by Gasteiger charge is -2.31. The summed E-state index contributed by atoms with van der Waals surface area (Å²) in [5.41, 5.74) is -0.175. The highest BCUT2D eigenvalue weighted by molar-refractivity contribution is 5.85. The summed E-state index contributed by atoms with van der Waals surface area (Å²) in [7, 11) is 0. The van der Waals surface area contributed by atoms with Crippen LogP contribution in [0.5, 0.6) is 0 Å². The van der Waals surface area contributed by atoms with Gasteiger partial charge < -0.3 is 10.6 Å². The molecule has 2 bridgehead atoms. The fraction of sp³-hybridized carbons (Fsp3) is 0.933. The van der Waals surface area contributed by atoms with E-state index in [2.05, 4.69) is 24.5 Å². The molecule has 1 heterocycles. The number of rotatable bonds is 3. The summed E-state index contributed by atoms with van der Waals surface area (Å²) in [6.45, 7) is 6.12. The van der Waals surface area contributed by atoms with Gasteiger partial charge in [-0.1, -0.05) is 6.42 Å². The van der Waals surface area contributed by atoms with Gasteiger partial charge in [0.2, 0.25) is 5.91 Å². The third-order valence-electron chi connectivity index (χ3n) is 5.71. The zero-order valence-corrected chi connectivity index (χ0v) is 12.9. The van der Waals surface area contributed by atoms with Gasteiger partial charge >= 0.3 is 0 Å². The fourth-order valence-corrected chi connectivity index (χ4v) is 4.41. The van der Waals surface area contributed by atoms with Crippen molar-refractivity contribution in [2.24, 2.45) is 23.2 Å². The van der Waals surface area contributed by atoms with E-state index >= 15 is 0 Å². The standard InChI is InChI=1S/C15H26N2O.ClH/c1-10(13-8-11-3-4-12(13)7-11)17-14(18)15(2)5-6-16-9-15;/h10-13,16H,3-9H2,1-2H3,(H,17,18);1H. The van der Waals surface area contributed by atoms with E-state index < -0.39 is 0 Å². The molecule has 1 amide bonds. The summed E-state index contributed by atoms with van der Waals surface area (Å²) in [4.78, 5) is 12.4. The predicted molar refractivity (Wildman–Crippen MR) is 79.4 cm³/mol. The van der Waals surface area contributed by atoms with Crippen LogP contribution in [0.4, 0.5) is 0 Å². The molecule has 5 unspecified atom stereocenters. The van der Waals surface area contributed by atoms with E-state index in [-0.39, 0.29) is 23.7 Å². The first-order chi connectivity index (χ1) is 8.58. The molecule has 4 heteroatoms. The van der Waals surface area contributed by atoms with Crippen LogP contribution in [0.3, 0.4) is 0 Å². The van der Waals surface area contributed by atoms with Crippen LogP contribution in [0.1, 0.15) is 46.0 Å². The van der Waals surface area contributed by atoms with Crippen molar-refractivity contribution in [2.75, 3.05) is 13.1 Å². The number of carbonyl (C=O) groups is 1. The number of hydrogen-bond donors (Lipinski definition) is 2. The minimum absolute atomic E-state index is 0. The van der Waals surface area contributed by atoms with Crippen LogP contribution in [0.15, 0.2) is 0 Å². The average Bonchev–Trinajstić information content (AvgIpc) is 3.04. The zero-order valence-electron chi connectivity index (χ0n) is 12.1. The van der Waals surface area contributed by atoms with Gasteiger partial charge in [-0.05, 0) is 63.8 Å². The van der Waals surface area contributed by atoms with Crippen LogP contribution in [-0.2, 0) is 4.79 Å². The molecule has 5 atom stereocenters. The maximum absolute atomic E-state index is 12.4. The molecule has 0 aromatic carbocycles. The highest BCUT2D eigenvalue weighted by Gasteiger charge is 2.43. The van der Waals surface area contributed by atoms with E-state index in [0.29, 0.717) is 6.04 Å². The van der Waals surface area contributed by atoms with Crippen molar-refractivity contribution in [3.05, 3.63) is 0 Å². The Labute approximate surface area is 122 Å². The molecule has 110 valence electrons. The summed E-state index contributed by atoms with van der Waals surface area (Å²) in [6.07, 6.45) is 6.57. The van der Waals surface area contributed by atoms with Crippen LogP contribution >= 0.6 is 12.4 Å². The Kier molecular flexibility index (Phi) is 4.46. The minimum Gasteiger partial charge on any atom is -0.353 e. The maximum atomic E-state index is 12.4. The number of halogens is 1. The van der Waals surface area contributed by atoms with Crippen molar-refractivity contribution in [2.45, 2.75) is 52.0 Å². The van der Waals surface area contributed by atoms with Crippen LogP contribution in [0, 0.1) is 23.2 Å². The van der Waals surface area contributed by atoms with Crippen LogP contribution in [0.2, 0.25) is 0 Å². The number of hydrogen-bond acceptors (Lipinski definition) is 2. The normalized spacial score (nSPS) is 41.9. The SMILES string of the molecule is CC(NC(=O)C1(C)CCNC1)C1CC2CCC1C2.Cl. The van der Waals surface area contributed by atoms with Crippen LogP contribution in [0.25, 0.3) is 0 Å². The second-order valence-electron chi connectivity index (χ2n) is 7.09. The molecular formula is C15H27ClN2O. The van der Waals surface area contributed by atoms with Gasteiger partial charge in [0.25, 0.3) is 0 Å². The van der Waals surface area contributed by atoms with Gasteiger partial charge in [0.05, 0.1) is 5.41 Å². The molecule has 3 nitrogen and oxygen atoms in total. The lowest BCUT2D eigenvalue weighted by Crippen LogP contribution is -2.47. The summed E-state index contributed by atoms with van der Waals surface area (Å²) in [5.74, 6) is 2.86. The van der Waals surface area contributed by atoms with Crippen molar-refractivity contribution in [3.63, 3.8) is 0 Å². The molecule has 3 rings (SSSR count). The molecule has 1 aliphatic heterocycles. The van der Waals surface area contributed by atoms with Gasteiger partial charge in [-0.3, -0.25) is 4.79 Å². The summed E-state index contributed by atoms with van der Waals surface area (Å²) < 4.78 is 0. The number of amides is 1. The largest absolute Gasteiger partial charge is 0.353 e. The fourth-order valence-electron chi connectivity index (χ4n) is 4.41. The number of carbonyl (C=O) groups excluding carboxylic acids is 1. The van der Waals surface area contributed by atoms with Crippen molar-refractivity contribution >= 4 is 18.3 Å². The van der Waals surface area contributed by atoms with E-state index in [1.807, 2.05) is 0 Å². The second-order valence-corrected chi connectivity index (χ2v) is 7.09. The quantitative estimate of drug-likeness (QED) is 0.836. The van der Waals surface area contributed by atoms with E-state index in [0.717, 1.165) is 37.3 Å². The molecule has 0 aromatic rings. The first-order valence-electron chi connectivity index (χ1n) is 7.60. The van der Waals surface area contributed by atoms with Crippen LogP contribution < -0.4 is 10.6 Å². The topological polar surface area (TPSA) is 41.1 Å². The van der Waals surface area contributed by atoms with E-state index in [4.69, 9.17) is 0 Å². The van der Waals surface area contributed by atoms with Crippen molar-refractivity contribution in [1.29, 1.82) is 0 Å². The molecule has 2 aliphatic carbocycles. The smallest absolute Gasteiger partial charge is 0.227 e. The Morgan fingerprint density at radius 3 is 2.68 bits per heavy atom. The number of fused-ring (bicyclic) bond motifs is 2. The number of nitrogens with one attached hydrogen (secondary N) is 2. The van der Waals surface area contributed by atoms with Gasteiger partial charge in [0.1, 0.15) is 0 Å². The van der Waals surface area contributed by atoms with Gasteiger partial charge in [-0.25, -0.2) is 0 Å². The van der Waals surface area contributed by atoms with Gasteiger partial charge in [-0.2, -0.15) is 0 Å². The first kappa shape index (κ1) is 15.1. The summed E-state index contributed by atoms with van der Waals surface area (Å²) >= 11 is 0. The first-order valence-corrected chi connectivity index (χ1v) is 7.60. The molecule has 0 aromatic heterocycles. The van der Waals surface area contributed by atoms with Crippen molar-refractivity contribution in [3.8, 4) is 0 Å². The third kappa shape index (κ3) is 2.78. The van der Waals surface area contributed by atoms with Gasteiger partial charge in [-0.15, -0.1) is 12.4 Å². The highest BCUT2D eigenvalue weighted by atomic mass is 35.5. The Balaban J connectivity index is 0.00000133. The molecule has 1 saturated heterocycles. The molecule has 3 fully saturated rings. The lowest BCUT2D eigenvalue weighted by atomic mass is 9.82. The Bertz CT molecular complexity index is 341. The molecular weight excluding hydrogens is 260 g/mol. The maximum Gasteiger partial charge on any atom is 0.227 e. The average molecular weight is 287 g/mol.